The van der Waals surface area contributed by atoms with Crippen LogP contribution in [0, 0.1) is 5.92 Å². The lowest BCUT2D eigenvalue weighted by molar-refractivity contribution is -0.141. The molecule has 1 saturated heterocycles. The molecule has 3 heterocycles. The van der Waals surface area contributed by atoms with Crippen LogP contribution in [0.4, 0.5) is 15.3 Å². The second-order valence-electron chi connectivity index (χ2n) is 15.3. The minimum absolute atomic E-state index is 0.0794. The summed E-state index contributed by atoms with van der Waals surface area (Å²) < 4.78 is 39.0. The summed E-state index contributed by atoms with van der Waals surface area (Å²) in [7, 11) is -3.90. The van der Waals surface area contributed by atoms with Crippen molar-refractivity contribution in [3.63, 3.8) is 0 Å². The van der Waals surface area contributed by atoms with Crippen LogP contribution in [-0.2, 0) is 47.0 Å². The molecule has 51 heavy (non-hydrogen) atoms. The first-order valence-electron chi connectivity index (χ1n) is 17.7. The number of hydrogen-bond donors (Lipinski definition) is 4. The van der Waals surface area contributed by atoms with Gasteiger partial charge in [-0.25, -0.2) is 18.0 Å². The lowest BCUT2D eigenvalue weighted by atomic mass is 10.0. The molecule has 0 radical (unpaired) electrons. The summed E-state index contributed by atoms with van der Waals surface area (Å²) in [5, 5.41) is 4.85. The SMILES string of the molecule is CC(C)(C)OC(=O)N[C@H]1CCCCCC=C[C@@H]2C[C@@]2(C(=O)NS(=O)(=O)C2CC2)NC(=O)C2C[C@@H](OC(=O)N3Cc4cccc(N)c4C3)CN2C1=O. The fraction of sp³-hybridized carbons (Fsp3) is 0.629. The molecular formula is C35H48N6O9S. The van der Waals surface area contributed by atoms with E-state index in [0.29, 0.717) is 31.4 Å². The molecule has 3 fully saturated rings. The van der Waals surface area contributed by atoms with Crippen molar-refractivity contribution < 1.29 is 41.9 Å². The third-order valence-corrected chi connectivity index (χ3v) is 11.9. The molecule has 278 valence electrons. The minimum atomic E-state index is -3.90. The Labute approximate surface area is 298 Å². The summed E-state index contributed by atoms with van der Waals surface area (Å²) in [6, 6.07) is 3.22. The number of sulfonamides is 1. The molecule has 5 N–H and O–H groups in total. The molecule has 5 amide bonds. The molecule has 16 heteroatoms. The Morgan fingerprint density at radius 1 is 1.06 bits per heavy atom. The van der Waals surface area contributed by atoms with Crippen LogP contribution in [-0.4, -0.2) is 89.2 Å². The summed E-state index contributed by atoms with van der Waals surface area (Å²) in [6.07, 6.45) is 5.52. The number of allylic oxidation sites excluding steroid dienone is 1. The number of nitrogens with one attached hydrogen (secondary N) is 3. The van der Waals surface area contributed by atoms with E-state index in [2.05, 4.69) is 15.4 Å². The molecule has 0 aromatic heterocycles. The first kappa shape index (κ1) is 36.5. The highest BCUT2D eigenvalue weighted by Gasteiger charge is 2.62. The Balaban J connectivity index is 1.25. The predicted octanol–water partition coefficient (Wildman–Crippen LogP) is 2.59. The van der Waals surface area contributed by atoms with E-state index in [0.717, 1.165) is 24.0 Å². The fourth-order valence-corrected chi connectivity index (χ4v) is 8.46. The molecule has 1 aromatic carbocycles. The van der Waals surface area contributed by atoms with E-state index < -0.39 is 80.4 Å². The molecule has 3 aliphatic heterocycles. The monoisotopic (exact) mass is 728 g/mol. The smallest absolute Gasteiger partial charge is 0.410 e. The standard InChI is InChI=1S/C35H48N6O9S/c1-34(2,3)50-32(45)37-27-13-8-6-4-5-7-11-22-17-35(22,31(44)39-51(47,48)24-14-15-24)38-29(42)28-16-23(19-41(28)30(27)43)49-33(46)40-18-21-10-9-12-26(36)25(21)20-40/h7,9-12,22-24,27-28H,4-6,8,13-20,36H2,1-3H3,(H,37,45)(H,38,42)(H,39,44)/t22-,23-,27+,28?,35-/m1/s1. The number of anilines is 1. The number of benzene rings is 1. The van der Waals surface area contributed by atoms with Crippen molar-refractivity contribution >= 4 is 45.6 Å². The molecule has 0 bridgehead atoms. The summed E-state index contributed by atoms with van der Waals surface area (Å²) in [5.74, 6) is -2.52. The lowest BCUT2D eigenvalue weighted by Crippen LogP contribution is -2.58. The van der Waals surface area contributed by atoms with Gasteiger partial charge in [0.2, 0.25) is 21.8 Å². The van der Waals surface area contributed by atoms with Gasteiger partial charge in [-0.3, -0.25) is 24.0 Å². The zero-order valence-corrected chi connectivity index (χ0v) is 30.1. The van der Waals surface area contributed by atoms with Gasteiger partial charge in [-0.1, -0.05) is 37.1 Å². The van der Waals surface area contributed by atoms with Crippen LogP contribution in [0.3, 0.4) is 0 Å². The number of carbonyl (C=O) groups is 5. The van der Waals surface area contributed by atoms with Crippen molar-refractivity contribution in [3.05, 3.63) is 41.5 Å². The molecule has 2 saturated carbocycles. The average molecular weight is 729 g/mol. The Morgan fingerprint density at radius 2 is 1.82 bits per heavy atom. The molecule has 1 aromatic rings. The van der Waals surface area contributed by atoms with Crippen LogP contribution >= 0.6 is 0 Å². The summed E-state index contributed by atoms with van der Waals surface area (Å²) >= 11 is 0. The first-order chi connectivity index (χ1) is 24.1. The predicted molar refractivity (Wildman–Crippen MR) is 185 cm³/mol. The number of amides is 5. The van der Waals surface area contributed by atoms with Crippen molar-refractivity contribution in [2.75, 3.05) is 12.3 Å². The zero-order chi connectivity index (χ0) is 36.7. The quantitative estimate of drug-likeness (QED) is 0.258. The number of fused-ring (bicyclic) bond motifs is 3. The lowest BCUT2D eigenvalue weighted by Gasteiger charge is -2.30. The number of alkyl carbamates (subject to hydrolysis) is 1. The average Bonchev–Trinajstić information content (AvgIpc) is 3.93. The Kier molecular flexibility index (Phi) is 10.0. The number of rotatable bonds is 5. The normalized spacial score (nSPS) is 28.3. The number of nitrogen functional groups attached to an aromatic ring is 1. The second-order valence-corrected chi connectivity index (χ2v) is 17.3. The number of ether oxygens (including phenoxy) is 2. The second kappa shape index (κ2) is 14.0. The van der Waals surface area contributed by atoms with Gasteiger partial charge in [-0.05, 0) is 76.5 Å². The third-order valence-electron chi connectivity index (χ3n) is 10.1. The van der Waals surface area contributed by atoms with Crippen molar-refractivity contribution in [3.8, 4) is 0 Å². The molecule has 0 spiro atoms. The van der Waals surface area contributed by atoms with E-state index in [1.165, 1.54) is 9.80 Å². The van der Waals surface area contributed by atoms with Gasteiger partial charge < -0.3 is 30.7 Å². The number of hydrogen-bond acceptors (Lipinski definition) is 10. The molecule has 5 atom stereocenters. The van der Waals surface area contributed by atoms with Gasteiger partial charge in [0.05, 0.1) is 18.3 Å². The van der Waals surface area contributed by atoms with Gasteiger partial charge >= 0.3 is 12.2 Å². The maximum absolute atomic E-state index is 14.3. The van der Waals surface area contributed by atoms with Gasteiger partial charge in [0, 0.05) is 24.6 Å². The maximum Gasteiger partial charge on any atom is 0.410 e. The molecule has 6 rings (SSSR count). The van der Waals surface area contributed by atoms with E-state index >= 15 is 0 Å². The van der Waals surface area contributed by atoms with Crippen LogP contribution in [0.25, 0.3) is 0 Å². The van der Waals surface area contributed by atoms with Crippen LogP contribution in [0.5, 0.6) is 0 Å². The van der Waals surface area contributed by atoms with Gasteiger partial charge in [-0.15, -0.1) is 0 Å². The fourth-order valence-electron chi connectivity index (χ4n) is 7.09. The summed E-state index contributed by atoms with van der Waals surface area (Å²) in [5.41, 5.74) is 6.06. The Bertz CT molecular complexity index is 1720. The van der Waals surface area contributed by atoms with E-state index in [1.807, 2.05) is 24.3 Å². The van der Waals surface area contributed by atoms with Crippen molar-refractivity contribution in [2.24, 2.45) is 5.92 Å². The summed E-state index contributed by atoms with van der Waals surface area (Å²) in [6.45, 7) is 5.51. The largest absolute Gasteiger partial charge is 0.444 e. The third kappa shape index (κ3) is 8.26. The van der Waals surface area contributed by atoms with Crippen molar-refractivity contribution in [1.29, 1.82) is 0 Å². The Morgan fingerprint density at radius 3 is 2.53 bits per heavy atom. The van der Waals surface area contributed by atoms with E-state index in [1.54, 1.807) is 26.8 Å². The molecule has 2 aliphatic carbocycles. The van der Waals surface area contributed by atoms with Crippen LogP contribution in [0.1, 0.15) is 89.7 Å². The van der Waals surface area contributed by atoms with Gasteiger partial charge in [0.15, 0.2) is 0 Å². The highest BCUT2D eigenvalue weighted by Crippen LogP contribution is 2.46. The van der Waals surface area contributed by atoms with E-state index in [4.69, 9.17) is 15.2 Å². The van der Waals surface area contributed by atoms with Gasteiger partial charge in [0.25, 0.3) is 5.91 Å². The van der Waals surface area contributed by atoms with Crippen molar-refractivity contribution in [2.45, 2.75) is 126 Å². The topological polar surface area (TPSA) is 207 Å². The first-order valence-corrected chi connectivity index (χ1v) is 19.3. The van der Waals surface area contributed by atoms with E-state index in [9.17, 15) is 32.4 Å². The molecule has 1 unspecified atom stereocenters. The van der Waals surface area contributed by atoms with Crippen LogP contribution < -0.4 is 21.1 Å². The Hall–Kier alpha value is -4.34. The van der Waals surface area contributed by atoms with E-state index in [-0.39, 0.29) is 38.9 Å². The minimum Gasteiger partial charge on any atom is -0.444 e. The number of carbonyl (C=O) groups excluding carboxylic acids is 5. The molecule has 15 nitrogen and oxygen atoms in total. The van der Waals surface area contributed by atoms with Gasteiger partial charge in [0.1, 0.15) is 29.3 Å². The zero-order valence-electron chi connectivity index (χ0n) is 29.3. The van der Waals surface area contributed by atoms with Crippen LogP contribution in [0.15, 0.2) is 30.4 Å². The molecule has 5 aliphatic rings. The highest BCUT2D eigenvalue weighted by atomic mass is 32.2. The molecular weight excluding hydrogens is 680 g/mol. The van der Waals surface area contributed by atoms with Crippen LogP contribution in [0.2, 0.25) is 0 Å². The van der Waals surface area contributed by atoms with Crippen molar-refractivity contribution in [1.82, 2.24) is 25.2 Å². The number of nitrogens with zero attached hydrogens (tertiary/aromatic N) is 2. The summed E-state index contributed by atoms with van der Waals surface area (Å²) in [4.78, 5) is 71.2. The number of nitrogens with two attached hydrogens (primary N) is 1. The highest BCUT2D eigenvalue weighted by molar-refractivity contribution is 7.91. The van der Waals surface area contributed by atoms with Gasteiger partial charge in [-0.2, -0.15) is 0 Å². The maximum atomic E-state index is 14.3.